The third-order valence-electron chi connectivity index (χ3n) is 4.75. The molecule has 29 heavy (non-hydrogen) atoms. The minimum Gasteiger partial charge on any atom is -0.420 e. The van der Waals surface area contributed by atoms with Gasteiger partial charge in [0.15, 0.2) is 0 Å². The fourth-order valence-corrected chi connectivity index (χ4v) is 5.48. The van der Waals surface area contributed by atoms with Crippen LogP contribution in [0.1, 0.15) is 31.6 Å². The molecular formula is C19H20N4O4S2. The van der Waals surface area contributed by atoms with E-state index in [1.165, 1.54) is 23.4 Å². The zero-order valence-corrected chi connectivity index (χ0v) is 17.4. The van der Waals surface area contributed by atoms with Gasteiger partial charge in [-0.25, -0.2) is 8.42 Å². The lowest BCUT2D eigenvalue weighted by Gasteiger charge is -2.30. The van der Waals surface area contributed by atoms with Crippen LogP contribution in [0, 0.1) is 0 Å². The van der Waals surface area contributed by atoms with Gasteiger partial charge in [0, 0.05) is 36.6 Å². The van der Waals surface area contributed by atoms with Gasteiger partial charge in [0.25, 0.3) is 0 Å². The largest absolute Gasteiger partial charge is 0.420 e. The Morgan fingerprint density at radius 1 is 1.24 bits per heavy atom. The zero-order chi connectivity index (χ0) is 20.4. The summed E-state index contributed by atoms with van der Waals surface area (Å²) in [7, 11) is -3.65. The molecule has 1 N–H and O–H groups in total. The molecule has 3 aromatic rings. The summed E-state index contributed by atoms with van der Waals surface area (Å²) in [5.41, 5.74) is 1.42. The van der Waals surface area contributed by atoms with Gasteiger partial charge in [0.05, 0.1) is 10.8 Å². The highest BCUT2D eigenvalue weighted by atomic mass is 32.2. The number of piperidine rings is 1. The Balaban J connectivity index is 1.51. The van der Waals surface area contributed by atoms with E-state index in [2.05, 4.69) is 15.5 Å². The first kappa shape index (κ1) is 19.7. The number of aromatic nitrogens is 2. The van der Waals surface area contributed by atoms with Crippen molar-refractivity contribution in [1.82, 2.24) is 14.5 Å². The van der Waals surface area contributed by atoms with Crippen molar-refractivity contribution in [2.75, 3.05) is 18.4 Å². The molecule has 1 aliphatic rings. The molecule has 1 saturated heterocycles. The van der Waals surface area contributed by atoms with Gasteiger partial charge in [-0.05, 0) is 48.6 Å². The fraction of sp³-hybridized carbons (Fsp3) is 0.316. The smallest absolute Gasteiger partial charge is 0.248 e. The number of nitrogens with one attached hydrogen (secondary N) is 1. The van der Waals surface area contributed by atoms with Crippen LogP contribution in [0.2, 0.25) is 0 Å². The van der Waals surface area contributed by atoms with E-state index in [9.17, 15) is 13.2 Å². The molecule has 1 aliphatic heterocycles. The number of anilines is 1. The molecule has 1 fully saturated rings. The van der Waals surface area contributed by atoms with E-state index >= 15 is 0 Å². The summed E-state index contributed by atoms with van der Waals surface area (Å²) in [6.45, 7) is 2.14. The van der Waals surface area contributed by atoms with Gasteiger partial charge in [0.1, 0.15) is 0 Å². The van der Waals surface area contributed by atoms with Crippen molar-refractivity contribution >= 4 is 33.0 Å². The third kappa shape index (κ3) is 4.24. The maximum absolute atomic E-state index is 13.1. The summed E-state index contributed by atoms with van der Waals surface area (Å²) in [6.07, 6.45) is 1.50. The second kappa shape index (κ2) is 8.05. The molecule has 10 heteroatoms. The molecule has 1 unspecified atom stereocenters. The summed E-state index contributed by atoms with van der Waals surface area (Å²) in [5, 5.41) is 14.7. The van der Waals surface area contributed by atoms with Crippen LogP contribution >= 0.6 is 11.3 Å². The van der Waals surface area contributed by atoms with Crippen LogP contribution in [-0.2, 0) is 14.8 Å². The monoisotopic (exact) mass is 432 g/mol. The number of hydrogen-bond donors (Lipinski definition) is 1. The van der Waals surface area contributed by atoms with Gasteiger partial charge in [-0.3, -0.25) is 4.79 Å². The first-order valence-corrected chi connectivity index (χ1v) is 11.6. The number of nitrogens with zero attached hydrogens (tertiary/aromatic N) is 3. The van der Waals surface area contributed by atoms with Gasteiger partial charge in [-0.15, -0.1) is 10.2 Å². The second-order valence-electron chi connectivity index (χ2n) is 6.87. The van der Waals surface area contributed by atoms with E-state index < -0.39 is 10.0 Å². The average molecular weight is 433 g/mol. The van der Waals surface area contributed by atoms with Gasteiger partial charge in [-0.1, -0.05) is 0 Å². The van der Waals surface area contributed by atoms with Crippen LogP contribution in [0.4, 0.5) is 5.69 Å². The highest BCUT2D eigenvalue weighted by Crippen LogP contribution is 2.31. The summed E-state index contributed by atoms with van der Waals surface area (Å²) in [4.78, 5) is 11.3. The molecule has 8 nitrogen and oxygen atoms in total. The molecule has 1 amide bonds. The lowest BCUT2D eigenvalue weighted by atomic mass is 10.00. The Kier molecular flexibility index (Phi) is 5.48. The number of benzene rings is 1. The molecule has 1 atom stereocenters. The van der Waals surface area contributed by atoms with Crippen molar-refractivity contribution in [2.45, 2.75) is 30.6 Å². The summed E-state index contributed by atoms with van der Waals surface area (Å²) >= 11 is 1.55. The minimum atomic E-state index is -3.65. The first-order valence-electron chi connectivity index (χ1n) is 9.17. The fourth-order valence-electron chi connectivity index (χ4n) is 3.33. The molecule has 152 valence electrons. The number of amides is 1. The number of sulfonamides is 1. The average Bonchev–Trinajstić information content (AvgIpc) is 3.40. The van der Waals surface area contributed by atoms with Crippen molar-refractivity contribution in [2.24, 2.45) is 0 Å². The molecule has 0 bridgehead atoms. The Labute approximate surface area is 172 Å². The maximum Gasteiger partial charge on any atom is 0.248 e. The topological polar surface area (TPSA) is 105 Å². The van der Waals surface area contributed by atoms with E-state index in [1.54, 1.807) is 23.5 Å². The van der Waals surface area contributed by atoms with Crippen molar-refractivity contribution in [3.63, 3.8) is 0 Å². The molecule has 0 saturated carbocycles. The highest BCUT2D eigenvalue weighted by molar-refractivity contribution is 7.89. The van der Waals surface area contributed by atoms with Crippen LogP contribution in [0.5, 0.6) is 0 Å². The SMILES string of the molecule is CC(=O)Nc1ccc(S(=O)(=O)N2CCCC(c3nnc(-c4ccsc4)o3)C2)cc1. The van der Waals surface area contributed by atoms with Crippen molar-refractivity contribution < 1.29 is 17.6 Å². The van der Waals surface area contributed by atoms with Crippen LogP contribution in [-0.4, -0.2) is 41.9 Å². The van der Waals surface area contributed by atoms with Crippen molar-refractivity contribution in [1.29, 1.82) is 0 Å². The summed E-state index contributed by atoms with van der Waals surface area (Å²) in [6, 6.07) is 8.09. The van der Waals surface area contributed by atoms with Crippen molar-refractivity contribution in [3.8, 4) is 11.5 Å². The predicted molar refractivity (Wildman–Crippen MR) is 109 cm³/mol. The molecule has 0 spiro atoms. The van der Waals surface area contributed by atoms with Gasteiger partial charge in [0.2, 0.25) is 27.7 Å². The minimum absolute atomic E-state index is 0.142. The Bertz CT molecular complexity index is 1090. The van der Waals surface area contributed by atoms with E-state index in [0.717, 1.165) is 12.0 Å². The quantitative estimate of drug-likeness (QED) is 0.663. The van der Waals surface area contributed by atoms with Gasteiger partial charge in [-0.2, -0.15) is 15.6 Å². The second-order valence-corrected chi connectivity index (χ2v) is 9.58. The van der Waals surface area contributed by atoms with E-state index in [-0.39, 0.29) is 16.7 Å². The van der Waals surface area contributed by atoms with Gasteiger partial charge < -0.3 is 9.73 Å². The molecular weight excluding hydrogens is 412 g/mol. The lowest BCUT2D eigenvalue weighted by Crippen LogP contribution is -2.39. The molecule has 2 aromatic heterocycles. The number of rotatable bonds is 5. The predicted octanol–water partition coefficient (Wildman–Crippen LogP) is 3.32. The summed E-state index contributed by atoms with van der Waals surface area (Å²) in [5.74, 6) is 0.569. The standard InChI is InChI=1S/C19H20N4O4S2/c1-13(24)20-16-4-6-17(7-5-16)29(25,26)23-9-2-3-14(11-23)18-21-22-19(27-18)15-8-10-28-12-15/h4-8,10,12,14H,2-3,9,11H2,1H3,(H,20,24). The zero-order valence-electron chi connectivity index (χ0n) is 15.7. The number of carbonyl (C=O) groups excluding carboxylic acids is 1. The Hall–Kier alpha value is -2.56. The van der Waals surface area contributed by atoms with Crippen LogP contribution in [0.3, 0.4) is 0 Å². The lowest BCUT2D eigenvalue weighted by molar-refractivity contribution is -0.114. The maximum atomic E-state index is 13.1. The molecule has 4 rings (SSSR count). The highest BCUT2D eigenvalue weighted by Gasteiger charge is 2.33. The number of carbonyl (C=O) groups is 1. The molecule has 0 radical (unpaired) electrons. The number of hydrogen-bond acceptors (Lipinski definition) is 7. The first-order chi connectivity index (χ1) is 13.9. The van der Waals surface area contributed by atoms with E-state index in [1.807, 2.05) is 16.8 Å². The van der Waals surface area contributed by atoms with Gasteiger partial charge >= 0.3 is 0 Å². The Morgan fingerprint density at radius 3 is 2.72 bits per heavy atom. The Morgan fingerprint density at radius 2 is 2.03 bits per heavy atom. The number of thiophene rings is 1. The van der Waals surface area contributed by atoms with Crippen molar-refractivity contribution in [3.05, 3.63) is 47.0 Å². The molecule has 1 aromatic carbocycles. The summed E-state index contributed by atoms with van der Waals surface area (Å²) < 4.78 is 33.4. The van der Waals surface area contributed by atoms with Crippen LogP contribution in [0.25, 0.3) is 11.5 Å². The van der Waals surface area contributed by atoms with Crippen LogP contribution < -0.4 is 5.32 Å². The third-order valence-corrected chi connectivity index (χ3v) is 7.32. The normalized spacial score (nSPS) is 17.9. The molecule has 0 aliphatic carbocycles. The molecule has 3 heterocycles. The van der Waals surface area contributed by atoms with Crippen LogP contribution in [0.15, 0.2) is 50.4 Å². The van der Waals surface area contributed by atoms with E-state index in [0.29, 0.717) is 37.0 Å². The van der Waals surface area contributed by atoms with E-state index in [4.69, 9.17) is 4.42 Å².